The van der Waals surface area contributed by atoms with Crippen molar-refractivity contribution < 1.29 is 13.9 Å². The van der Waals surface area contributed by atoms with Crippen molar-refractivity contribution in [3.05, 3.63) is 76.8 Å². The second kappa shape index (κ2) is 7.94. The van der Waals surface area contributed by atoms with Crippen molar-refractivity contribution in [2.24, 2.45) is 0 Å². The van der Waals surface area contributed by atoms with E-state index < -0.39 is 18.0 Å². The molecule has 0 N–H and O–H groups in total. The van der Waals surface area contributed by atoms with Gasteiger partial charge >= 0.3 is 6.09 Å². The number of rotatable bonds is 2. The summed E-state index contributed by atoms with van der Waals surface area (Å²) in [4.78, 5) is 22.2. The third-order valence-corrected chi connectivity index (χ3v) is 6.28. The van der Waals surface area contributed by atoms with E-state index in [9.17, 15) is 9.18 Å². The fourth-order valence-corrected chi connectivity index (χ4v) is 4.60. The number of benzene rings is 2. The fraction of sp³-hybridized carbons (Fsp3) is 0.0952. The van der Waals surface area contributed by atoms with Crippen LogP contribution in [-0.4, -0.2) is 23.1 Å². The normalized spacial score (nSPS) is 12.2. The molecule has 9 heteroatoms. The number of hydrogen-bond acceptors (Lipinski definition) is 5. The number of pyridine rings is 1. The molecule has 0 bridgehead atoms. The lowest BCUT2D eigenvalue weighted by Gasteiger charge is -2.19. The molecule has 2 aromatic heterocycles. The Balaban J connectivity index is 0.00000218. The highest BCUT2D eigenvalue weighted by Gasteiger charge is 2.32. The van der Waals surface area contributed by atoms with E-state index in [1.807, 2.05) is 48.5 Å². The lowest BCUT2D eigenvalue weighted by atomic mass is 10.1. The molecule has 5 nitrogen and oxygen atoms in total. The van der Waals surface area contributed by atoms with Crippen molar-refractivity contribution in [2.75, 3.05) is 11.9 Å². The molecule has 30 heavy (non-hydrogen) atoms. The summed E-state index contributed by atoms with van der Waals surface area (Å²) >= 11 is 6.75. The van der Waals surface area contributed by atoms with Gasteiger partial charge < -0.3 is 4.74 Å². The average Bonchev–Trinajstić information content (AvgIpc) is 3.31. The molecule has 0 saturated heterocycles. The maximum atomic E-state index is 14.2. The Hall–Kier alpha value is -2.55. The molecule has 2 aromatic carbocycles. The Morgan fingerprint density at radius 2 is 1.73 bits per heavy atom. The van der Waals surface area contributed by atoms with Gasteiger partial charge in [0, 0.05) is 18.2 Å². The number of anilines is 1. The highest BCUT2D eigenvalue weighted by atomic mass is 79.9. The summed E-state index contributed by atoms with van der Waals surface area (Å²) in [7, 11) is 1.54. The molecule has 0 spiro atoms. The van der Waals surface area contributed by atoms with Crippen LogP contribution in [-0.2, 0) is 4.74 Å². The fourth-order valence-electron chi connectivity index (χ4n) is 3.47. The summed E-state index contributed by atoms with van der Waals surface area (Å²) in [5.74, 6) is -0.645. The Kier molecular flexibility index (Phi) is 5.48. The predicted molar refractivity (Wildman–Crippen MR) is 121 cm³/mol. The number of aromatic nitrogens is 2. The van der Waals surface area contributed by atoms with Gasteiger partial charge in [0.15, 0.2) is 22.2 Å². The molecule has 0 radical (unpaired) electrons. The maximum absolute atomic E-state index is 14.2. The van der Waals surface area contributed by atoms with Crippen LogP contribution in [0.3, 0.4) is 0 Å². The Morgan fingerprint density at radius 1 is 1.13 bits per heavy atom. The molecule has 4 aromatic rings. The Labute approximate surface area is 190 Å². The second-order valence-electron chi connectivity index (χ2n) is 6.57. The van der Waals surface area contributed by atoms with E-state index in [1.54, 1.807) is 7.05 Å². The van der Waals surface area contributed by atoms with E-state index in [2.05, 4.69) is 9.97 Å². The van der Waals surface area contributed by atoms with Crippen LogP contribution in [0.25, 0.3) is 21.3 Å². The molecule has 1 amide bonds. The first-order valence-corrected chi connectivity index (χ1v) is 9.97. The zero-order valence-electron chi connectivity index (χ0n) is 15.5. The number of carbonyl (C=O) groups excluding carboxylic acids is 1. The van der Waals surface area contributed by atoms with E-state index >= 15 is 0 Å². The summed E-state index contributed by atoms with van der Waals surface area (Å²) in [5.41, 5.74) is 4.30. The zero-order valence-corrected chi connectivity index (χ0v) is 18.8. The molecule has 0 aliphatic heterocycles. The minimum Gasteiger partial charge on any atom is -0.436 e. The van der Waals surface area contributed by atoms with Crippen LogP contribution in [0, 0.1) is 5.82 Å². The molecule has 1 aliphatic rings. The summed E-state index contributed by atoms with van der Waals surface area (Å²) in [5, 5.41) is 0.0737. The minimum absolute atomic E-state index is 0. The SMILES string of the molecule is Br.CN(C(=O)OC1c2ccccc2-c2ccccc21)c1nc2cnc(Cl)c(F)c2s1. The van der Waals surface area contributed by atoms with E-state index in [1.165, 1.54) is 11.1 Å². The van der Waals surface area contributed by atoms with Crippen LogP contribution in [0.1, 0.15) is 17.2 Å². The number of ether oxygens (including phenoxy) is 1. The third-order valence-electron chi connectivity index (χ3n) is 4.88. The molecule has 0 fully saturated rings. The smallest absolute Gasteiger partial charge is 0.416 e. The molecular formula is C21H14BrClFN3O2S. The average molecular weight is 507 g/mol. The topological polar surface area (TPSA) is 55.3 Å². The van der Waals surface area contributed by atoms with Crippen molar-refractivity contribution in [1.82, 2.24) is 9.97 Å². The third kappa shape index (κ3) is 3.25. The van der Waals surface area contributed by atoms with Crippen molar-refractivity contribution in [3.8, 4) is 11.1 Å². The van der Waals surface area contributed by atoms with E-state index in [4.69, 9.17) is 16.3 Å². The van der Waals surface area contributed by atoms with Crippen LogP contribution in [0.4, 0.5) is 14.3 Å². The van der Waals surface area contributed by atoms with Crippen molar-refractivity contribution in [3.63, 3.8) is 0 Å². The monoisotopic (exact) mass is 505 g/mol. The lowest BCUT2D eigenvalue weighted by Crippen LogP contribution is -2.28. The number of amides is 1. The van der Waals surface area contributed by atoms with Crippen LogP contribution in [0.15, 0.2) is 54.7 Å². The Morgan fingerprint density at radius 3 is 2.37 bits per heavy atom. The van der Waals surface area contributed by atoms with Gasteiger partial charge in [-0.2, -0.15) is 0 Å². The minimum atomic E-state index is -0.645. The molecule has 2 heterocycles. The molecule has 0 saturated carbocycles. The van der Waals surface area contributed by atoms with Crippen LogP contribution >= 0.6 is 39.9 Å². The van der Waals surface area contributed by atoms with Crippen molar-refractivity contribution >= 4 is 61.4 Å². The van der Waals surface area contributed by atoms with Gasteiger partial charge in [-0.25, -0.2) is 19.2 Å². The first-order chi connectivity index (χ1) is 14.0. The van der Waals surface area contributed by atoms with Crippen LogP contribution in [0.2, 0.25) is 5.15 Å². The first-order valence-electron chi connectivity index (χ1n) is 8.77. The highest BCUT2D eigenvalue weighted by molar-refractivity contribution is 8.93. The van der Waals surface area contributed by atoms with Gasteiger partial charge in [-0.1, -0.05) is 71.5 Å². The van der Waals surface area contributed by atoms with Gasteiger partial charge in [-0.15, -0.1) is 17.0 Å². The van der Waals surface area contributed by atoms with E-state index in [-0.39, 0.29) is 26.8 Å². The molecule has 5 rings (SSSR count). The maximum Gasteiger partial charge on any atom is 0.416 e. The zero-order chi connectivity index (χ0) is 20.1. The number of hydrogen-bond donors (Lipinski definition) is 0. The van der Waals surface area contributed by atoms with Crippen LogP contribution < -0.4 is 4.90 Å². The molecule has 0 atom stereocenters. The van der Waals surface area contributed by atoms with Crippen molar-refractivity contribution in [2.45, 2.75) is 6.10 Å². The largest absolute Gasteiger partial charge is 0.436 e. The van der Waals surface area contributed by atoms with E-state index in [0.29, 0.717) is 10.6 Å². The highest BCUT2D eigenvalue weighted by Crippen LogP contribution is 2.45. The van der Waals surface area contributed by atoms with E-state index in [0.717, 1.165) is 33.6 Å². The summed E-state index contributed by atoms with van der Waals surface area (Å²) in [6, 6.07) is 15.7. The molecular weight excluding hydrogens is 493 g/mol. The number of nitrogens with zero attached hydrogens (tertiary/aromatic N) is 3. The summed E-state index contributed by atoms with van der Waals surface area (Å²) in [6.07, 6.45) is 0.281. The summed E-state index contributed by atoms with van der Waals surface area (Å²) in [6.45, 7) is 0. The molecule has 152 valence electrons. The van der Waals surface area contributed by atoms with Gasteiger partial charge in [-0.05, 0) is 11.1 Å². The van der Waals surface area contributed by atoms with Gasteiger partial charge in [0.1, 0.15) is 5.52 Å². The summed E-state index contributed by atoms with van der Waals surface area (Å²) < 4.78 is 20.3. The van der Waals surface area contributed by atoms with Gasteiger partial charge in [0.05, 0.1) is 10.9 Å². The van der Waals surface area contributed by atoms with Gasteiger partial charge in [0.25, 0.3) is 0 Å². The number of halogens is 3. The molecule has 0 unspecified atom stereocenters. The first kappa shape index (κ1) is 20.7. The number of thiazole rings is 1. The second-order valence-corrected chi connectivity index (χ2v) is 7.91. The quantitative estimate of drug-likeness (QED) is 0.295. The predicted octanol–water partition coefficient (Wildman–Crippen LogP) is 6.40. The van der Waals surface area contributed by atoms with Gasteiger partial charge in [0.2, 0.25) is 0 Å². The van der Waals surface area contributed by atoms with Crippen molar-refractivity contribution in [1.29, 1.82) is 0 Å². The number of carbonyl (C=O) groups is 1. The van der Waals surface area contributed by atoms with Gasteiger partial charge in [-0.3, -0.25) is 4.90 Å². The Bertz CT molecular complexity index is 1240. The number of fused-ring (bicyclic) bond motifs is 4. The van der Waals surface area contributed by atoms with Crippen LogP contribution in [0.5, 0.6) is 0 Å². The molecule has 1 aliphatic carbocycles. The standard InChI is InChI=1S/C21H13ClFN3O2S.BrH/c1-26(20-25-15-10-24-19(22)16(23)18(15)29-20)21(27)28-17-13-8-4-2-6-11(13)12-7-3-5-9-14(12)17;/h2-10,17H,1H3;1H. The lowest BCUT2D eigenvalue weighted by molar-refractivity contribution is 0.127.